The molecule has 1 aromatic rings. The van der Waals surface area contributed by atoms with Crippen LogP contribution >= 0.6 is 0 Å². The molecule has 5 nitrogen and oxygen atoms in total. The maximum Gasteiger partial charge on any atom is 0.235 e. The zero-order valence-corrected chi connectivity index (χ0v) is 13.8. The minimum atomic E-state index is -1.33. The van der Waals surface area contributed by atoms with Gasteiger partial charge >= 0.3 is 0 Å². The monoisotopic (exact) mass is 322 g/mol. The number of amides is 2. The molecule has 1 aliphatic rings. The number of likely N-dealkylation sites (tertiary alicyclic amines) is 1. The number of carbonyl (C=O) groups excluding carboxylic acids is 2. The van der Waals surface area contributed by atoms with E-state index in [1.807, 2.05) is 25.1 Å². The number of benzene rings is 1. The first kappa shape index (κ1) is 16.7. The lowest BCUT2D eigenvalue weighted by molar-refractivity contribution is -0.130. The molecule has 0 bridgehead atoms. The van der Waals surface area contributed by atoms with Crippen LogP contribution in [0.4, 0.5) is 0 Å². The van der Waals surface area contributed by atoms with Crippen molar-refractivity contribution in [1.82, 2.24) is 10.2 Å². The molecule has 2 rings (SSSR count). The summed E-state index contributed by atoms with van der Waals surface area (Å²) in [6.07, 6.45) is 1.73. The maximum absolute atomic E-state index is 12.3. The van der Waals surface area contributed by atoms with Crippen molar-refractivity contribution in [3.05, 3.63) is 29.8 Å². The van der Waals surface area contributed by atoms with Gasteiger partial charge in [-0.25, -0.2) is 0 Å². The molecule has 120 valence electrons. The summed E-state index contributed by atoms with van der Waals surface area (Å²) in [7, 11) is -1.33. The standard InChI is InChI=1S/C16H22N2O3S/c1-12-5-3-7-15(9-12)22(21)11-16(20)18-8-4-6-14(10-18)17-13(2)19/h3,5,7,9,14H,4,6,8,10-11H2,1-2H3,(H,17,19)/t14-,22+/m0/s1. The van der Waals surface area contributed by atoms with Crippen molar-refractivity contribution in [2.45, 2.75) is 37.6 Å². The van der Waals surface area contributed by atoms with Gasteiger partial charge in [0.1, 0.15) is 5.75 Å². The van der Waals surface area contributed by atoms with E-state index >= 15 is 0 Å². The Morgan fingerprint density at radius 3 is 2.86 bits per heavy atom. The molecule has 1 aromatic carbocycles. The molecule has 2 atom stereocenters. The van der Waals surface area contributed by atoms with Crippen LogP contribution in [0.15, 0.2) is 29.2 Å². The summed E-state index contributed by atoms with van der Waals surface area (Å²) in [6.45, 7) is 4.59. The van der Waals surface area contributed by atoms with E-state index in [9.17, 15) is 13.8 Å². The highest BCUT2D eigenvalue weighted by molar-refractivity contribution is 7.85. The minimum Gasteiger partial charge on any atom is -0.352 e. The summed E-state index contributed by atoms with van der Waals surface area (Å²) in [5.41, 5.74) is 1.03. The molecule has 1 N–H and O–H groups in total. The van der Waals surface area contributed by atoms with Crippen molar-refractivity contribution >= 4 is 22.6 Å². The minimum absolute atomic E-state index is 0.00241. The van der Waals surface area contributed by atoms with Gasteiger partial charge < -0.3 is 10.2 Å². The van der Waals surface area contributed by atoms with Gasteiger partial charge in [-0.3, -0.25) is 13.8 Å². The molecule has 1 aliphatic heterocycles. The van der Waals surface area contributed by atoms with Crippen LogP contribution in [0.5, 0.6) is 0 Å². The normalized spacial score (nSPS) is 19.5. The Hall–Kier alpha value is -1.69. The lowest BCUT2D eigenvalue weighted by atomic mass is 10.1. The molecule has 0 radical (unpaired) electrons. The summed E-state index contributed by atoms with van der Waals surface area (Å²) in [5, 5.41) is 2.85. The Bertz CT molecular complexity index is 589. The van der Waals surface area contributed by atoms with Crippen LogP contribution in [0.1, 0.15) is 25.3 Å². The molecule has 0 spiro atoms. The fourth-order valence-corrected chi connectivity index (χ4v) is 3.77. The molecule has 1 fully saturated rings. The van der Waals surface area contributed by atoms with Crippen LogP contribution in [0.25, 0.3) is 0 Å². The number of carbonyl (C=O) groups is 2. The molecule has 6 heteroatoms. The van der Waals surface area contributed by atoms with Crippen molar-refractivity contribution < 1.29 is 13.8 Å². The Kier molecular flexibility index (Phi) is 5.71. The maximum atomic E-state index is 12.3. The van der Waals surface area contributed by atoms with Gasteiger partial charge in [0.25, 0.3) is 0 Å². The Morgan fingerprint density at radius 1 is 1.41 bits per heavy atom. The van der Waals surface area contributed by atoms with E-state index in [0.29, 0.717) is 18.0 Å². The molecule has 1 heterocycles. The molecule has 22 heavy (non-hydrogen) atoms. The second kappa shape index (κ2) is 7.54. The van der Waals surface area contributed by atoms with Gasteiger partial charge in [-0.05, 0) is 37.5 Å². The Morgan fingerprint density at radius 2 is 2.18 bits per heavy atom. The van der Waals surface area contributed by atoms with Crippen molar-refractivity contribution in [3.8, 4) is 0 Å². The third-order valence-corrected chi connectivity index (χ3v) is 4.98. The molecule has 0 saturated carbocycles. The highest BCUT2D eigenvalue weighted by atomic mass is 32.2. The topological polar surface area (TPSA) is 66.5 Å². The molecule has 0 unspecified atom stereocenters. The van der Waals surface area contributed by atoms with Crippen LogP contribution in [-0.4, -0.2) is 45.8 Å². The van der Waals surface area contributed by atoms with Crippen molar-refractivity contribution in [3.63, 3.8) is 0 Å². The SMILES string of the molecule is CC(=O)N[C@H]1CCCN(C(=O)C[S@@](=O)c2cccc(C)c2)C1. The van der Waals surface area contributed by atoms with Crippen LogP contribution in [0, 0.1) is 6.92 Å². The first-order valence-corrected chi connectivity index (χ1v) is 8.77. The number of hydrogen-bond acceptors (Lipinski definition) is 3. The van der Waals surface area contributed by atoms with Crippen LogP contribution in [0.2, 0.25) is 0 Å². The molecule has 0 aromatic heterocycles. The van der Waals surface area contributed by atoms with E-state index in [1.165, 1.54) is 6.92 Å². The van der Waals surface area contributed by atoms with E-state index in [0.717, 1.165) is 18.4 Å². The largest absolute Gasteiger partial charge is 0.352 e. The number of hydrogen-bond donors (Lipinski definition) is 1. The second-order valence-corrected chi connectivity index (χ2v) is 7.14. The van der Waals surface area contributed by atoms with E-state index in [-0.39, 0.29) is 23.6 Å². The lowest BCUT2D eigenvalue weighted by Crippen LogP contribution is -2.50. The average molecular weight is 322 g/mol. The third-order valence-electron chi connectivity index (χ3n) is 3.69. The lowest BCUT2D eigenvalue weighted by Gasteiger charge is -2.33. The number of aryl methyl sites for hydroxylation is 1. The predicted octanol–water partition coefficient (Wildman–Crippen LogP) is 1.23. The average Bonchev–Trinajstić information content (AvgIpc) is 2.46. The predicted molar refractivity (Wildman–Crippen MR) is 85.9 cm³/mol. The molecule has 1 saturated heterocycles. The van der Waals surface area contributed by atoms with E-state index < -0.39 is 10.8 Å². The zero-order chi connectivity index (χ0) is 16.1. The number of piperidine rings is 1. The quantitative estimate of drug-likeness (QED) is 0.907. The molecule has 2 amide bonds. The third kappa shape index (κ3) is 4.66. The summed E-state index contributed by atoms with van der Waals surface area (Å²) in [4.78, 5) is 25.8. The highest BCUT2D eigenvalue weighted by Gasteiger charge is 2.25. The summed E-state index contributed by atoms with van der Waals surface area (Å²) in [6, 6.07) is 7.42. The van der Waals surface area contributed by atoms with Crippen molar-refractivity contribution in [1.29, 1.82) is 0 Å². The molecular weight excluding hydrogens is 300 g/mol. The van der Waals surface area contributed by atoms with Crippen molar-refractivity contribution in [2.75, 3.05) is 18.8 Å². The summed E-state index contributed by atoms with van der Waals surface area (Å²) >= 11 is 0. The van der Waals surface area contributed by atoms with E-state index in [4.69, 9.17) is 0 Å². The highest BCUT2D eigenvalue weighted by Crippen LogP contribution is 2.13. The fraction of sp³-hybridized carbons (Fsp3) is 0.500. The van der Waals surface area contributed by atoms with Crippen molar-refractivity contribution in [2.24, 2.45) is 0 Å². The molecular formula is C16H22N2O3S. The second-order valence-electron chi connectivity index (χ2n) is 5.69. The van der Waals surface area contributed by atoms with E-state index in [1.54, 1.807) is 11.0 Å². The fourth-order valence-electron chi connectivity index (χ4n) is 2.65. The summed E-state index contributed by atoms with van der Waals surface area (Å²) < 4.78 is 12.3. The number of nitrogens with one attached hydrogen (secondary N) is 1. The van der Waals surface area contributed by atoms with Gasteiger partial charge in [-0.2, -0.15) is 0 Å². The van der Waals surface area contributed by atoms with Gasteiger partial charge in [0, 0.05) is 31.0 Å². The van der Waals surface area contributed by atoms with Crippen LogP contribution in [0.3, 0.4) is 0 Å². The first-order chi connectivity index (χ1) is 10.5. The first-order valence-electron chi connectivity index (χ1n) is 7.45. The number of rotatable bonds is 4. The zero-order valence-electron chi connectivity index (χ0n) is 13.0. The van der Waals surface area contributed by atoms with E-state index in [2.05, 4.69) is 5.32 Å². The molecule has 0 aliphatic carbocycles. The van der Waals surface area contributed by atoms with Gasteiger partial charge in [0.05, 0.1) is 10.8 Å². The van der Waals surface area contributed by atoms with Crippen LogP contribution < -0.4 is 5.32 Å². The van der Waals surface area contributed by atoms with Crippen LogP contribution in [-0.2, 0) is 20.4 Å². The van der Waals surface area contributed by atoms with Gasteiger partial charge in [-0.1, -0.05) is 12.1 Å². The summed E-state index contributed by atoms with van der Waals surface area (Å²) in [5.74, 6) is -0.200. The Balaban J connectivity index is 1.93. The van der Waals surface area contributed by atoms with Gasteiger partial charge in [0.15, 0.2) is 0 Å². The van der Waals surface area contributed by atoms with Gasteiger partial charge in [0.2, 0.25) is 11.8 Å². The smallest absolute Gasteiger partial charge is 0.235 e. The Labute approximate surface area is 133 Å². The van der Waals surface area contributed by atoms with Gasteiger partial charge in [-0.15, -0.1) is 0 Å². The number of nitrogens with zero attached hydrogens (tertiary/aromatic N) is 1.